The van der Waals surface area contributed by atoms with Crippen molar-refractivity contribution >= 4 is 32.4 Å². The van der Waals surface area contributed by atoms with Crippen LogP contribution in [-0.4, -0.2) is 31.2 Å². The van der Waals surface area contributed by atoms with Crippen molar-refractivity contribution in [3.8, 4) is 17.4 Å². The lowest BCUT2D eigenvalue weighted by molar-refractivity contribution is -0.380. The number of ether oxygens (including phenoxy) is 2. The Morgan fingerprint density at radius 2 is 2.14 bits per heavy atom. The van der Waals surface area contributed by atoms with Gasteiger partial charge >= 0.3 is 5.00 Å². The van der Waals surface area contributed by atoms with Crippen molar-refractivity contribution in [2.24, 2.45) is 0 Å². The van der Waals surface area contributed by atoms with Crippen molar-refractivity contribution in [1.82, 2.24) is 19.5 Å². The van der Waals surface area contributed by atoms with Crippen molar-refractivity contribution in [3.05, 3.63) is 58.7 Å². The molecule has 1 N–H and O–H groups in total. The van der Waals surface area contributed by atoms with Crippen LogP contribution in [0.15, 0.2) is 43.0 Å². The molecule has 1 aromatic carbocycles. The van der Waals surface area contributed by atoms with Gasteiger partial charge in [0.1, 0.15) is 17.0 Å². The number of benzene rings is 1. The van der Waals surface area contributed by atoms with Crippen LogP contribution in [0.5, 0.6) is 11.5 Å². The van der Waals surface area contributed by atoms with E-state index in [9.17, 15) is 10.1 Å². The standard InChI is InChI=1S/C17H12N6O4S/c24-23(25)14-6-11-15(19-7-10-1-2-12-13(5-10)27-9-26-12)20-17(21-16(11)28-14)22-4-3-18-8-22/h1-6,8H,7,9H2,(H,19,20,21). The average Bonchev–Trinajstić information content (AvgIpc) is 3.45. The molecule has 28 heavy (non-hydrogen) atoms. The van der Waals surface area contributed by atoms with Crippen molar-refractivity contribution in [3.63, 3.8) is 0 Å². The van der Waals surface area contributed by atoms with Gasteiger partial charge in [0.15, 0.2) is 11.5 Å². The summed E-state index contributed by atoms with van der Waals surface area (Å²) in [5, 5.41) is 15.1. The molecule has 10 nitrogen and oxygen atoms in total. The van der Waals surface area contributed by atoms with Crippen molar-refractivity contribution < 1.29 is 14.4 Å². The molecular formula is C17H12N6O4S. The van der Waals surface area contributed by atoms with E-state index in [1.54, 1.807) is 23.3 Å². The summed E-state index contributed by atoms with van der Waals surface area (Å²) in [6, 6.07) is 7.15. The van der Waals surface area contributed by atoms with Gasteiger partial charge in [-0.25, -0.2) is 9.97 Å². The minimum atomic E-state index is -0.426. The van der Waals surface area contributed by atoms with Crippen molar-refractivity contribution in [2.75, 3.05) is 12.1 Å². The average molecular weight is 396 g/mol. The van der Waals surface area contributed by atoms with Gasteiger partial charge in [-0.1, -0.05) is 6.07 Å². The molecule has 1 aliphatic rings. The maximum absolute atomic E-state index is 11.2. The Bertz CT molecular complexity index is 1190. The fraction of sp³-hybridized carbons (Fsp3) is 0.118. The Kier molecular flexibility index (Phi) is 3.79. The molecule has 0 unspecified atom stereocenters. The summed E-state index contributed by atoms with van der Waals surface area (Å²) in [5.74, 6) is 2.30. The van der Waals surface area contributed by atoms with Crippen LogP contribution in [0.1, 0.15) is 5.56 Å². The van der Waals surface area contributed by atoms with Gasteiger partial charge in [0.05, 0.1) is 10.3 Å². The van der Waals surface area contributed by atoms with E-state index in [2.05, 4.69) is 20.3 Å². The third kappa shape index (κ3) is 2.87. The van der Waals surface area contributed by atoms with Crippen LogP contribution in [0.2, 0.25) is 0 Å². The molecule has 3 aromatic heterocycles. The summed E-state index contributed by atoms with van der Waals surface area (Å²) in [6.45, 7) is 0.668. The molecule has 0 bridgehead atoms. The lowest BCUT2D eigenvalue weighted by Gasteiger charge is -2.09. The quantitative estimate of drug-likeness (QED) is 0.404. The largest absolute Gasteiger partial charge is 0.454 e. The van der Waals surface area contributed by atoms with E-state index < -0.39 is 4.92 Å². The van der Waals surface area contributed by atoms with Crippen molar-refractivity contribution in [1.29, 1.82) is 0 Å². The summed E-state index contributed by atoms with van der Waals surface area (Å²) in [6.07, 6.45) is 4.90. The van der Waals surface area contributed by atoms with Crippen LogP contribution in [0, 0.1) is 10.1 Å². The molecule has 5 rings (SSSR count). The summed E-state index contributed by atoms with van der Waals surface area (Å²) in [5.41, 5.74) is 0.963. The van der Waals surface area contributed by atoms with E-state index in [1.165, 1.54) is 6.07 Å². The number of imidazole rings is 1. The van der Waals surface area contributed by atoms with Gasteiger partial charge in [-0.2, -0.15) is 4.98 Å². The molecule has 0 fully saturated rings. The smallest absolute Gasteiger partial charge is 0.326 e. The third-order valence-corrected chi connectivity index (χ3v) is 5.16. The maximum Gasteiger partial charge on any atom is 0.326 e. The van der Waals surface area contributed by atoms with E-state index in [0.717, 1.165) is 16.9 Å². The number of nitro groups is 1. The predicted octanol–water partition coefficient (Wildman–Crippen LogP) is 3.13. The highest BCUT2D eigenvalue weighted by Crippen LogP contribution is 2.35. The Morgan fingerprint density at radius 1 is 1.25 bits per heavy atom. The lowest BCUT2D eigenvalue weighted by atomic mass is 10.2. The molecule has 11 heteroatoms. The summed E-state index contributed by atoms with van der Waals surface area (Å²) >= 11 is 1.01. The molecule has 0 aliphatic carbocycles. The Labute approximate surface area is 161 Å². The van der Waals surface area contributed by atoms with Crippen LogP contribution in [0.3, 0.4) is 0 Å². The third-order valence-electron chi connectivity index (χ3n) is 4.18. The minimum absolute atomic E-state index is 0.0122. The Hall–Kier alpha value is -3.73. The molecular weight excluding hydrogens is 384 g/mol. The van der Waals surface area contributed by atoms with E-state index in [4.69, 9.17) is 9.47 Å². The number of nitrogens with one attached hydrogen (secondary N) is 1. The molecule has 0 spiro atoms. The topological polar surface area (TPSA) is 117 Å². The second kappa shape index (κ2) is 6.46. The Morgan fingerprint density at radius 3 is 2.96 bits per heavy atom. The zero-order valence-corrected chi connectivity index (χ0v) is 15.0. The van der Waals surface area contributed by atoms with E-state index in [0.29, 0.717) is 40.0 Å². The first-order valence-electron chi connectivity index (χ1n) is 8.24. The van der Waals surface area contributed by atoms with Gasteiger partial charge in [-0.15, -0.1) is 0 Å². The maximum atomic E-state index is 11.2. The molecule has 1 aliphatic heterocycles. The second-order valence-corrected chi connectivity index (χ2v) is 6.95. The van der Waals surface area contributed by atoms with Crippen LogP contribution >= 0.6 is 11.3 Å². The van der Waals surface area contributed by atoms with Crippen LogP contribution in [0.4, 0.5) is 10.8 Å². The number of anilines is 1. The highest BCUT2D eigenvalue weighted by atomic mass is 32.1. The second-order valence-electron chi connectivity index (χ2n) is 5.94. The normalized spacial score (nSPS) is 12.4. The minimum Gasteiger partial charge on any atom is -0.454 e. The summed E-state index contributed by atoms with van der Waals surface area (Å²) in [7, 11) is 0. The molecule has 0 amide bonds. The number of aromatic nitrogens is 4. The summed E-state index contributed by atoms with van der Waals surface area (Å²) in [4.78, 5) is 24.3. The van der Waals surface area contributed by atoms with Gasteiger partial charge in [0.2, 0.25) is 12.7 Å². The summed E-state index contributed by atoms with van der Waals surface area (Å²) < 4.78 is 12.4. The Balaban J connectivity index is 1.52. The molecule has 140 valence electrons. The van der Waals surface area contributed by atoms with Gasteiger partial charge in [-0.05, 0) is 29.0 Å². The fourth-order valence-electron chi connectivity index (χ4n) is 2.85. The van der Waals surface area contributed by atoms with Gasteiger partial charge in [0.25, 0.3) is 0 Å². The first-order chi connectivity index (χ1) is 13.7. The molecule has 0 radical (unpaired) electrons. The van der Waals surface area contributed by atoms with Gasteiger partial charge in [-0.3, -0.25) is 14.7 Å². The zero-order chi connectivity index (χ0) is 19.1. The van der Waals surface area contributed by atoms with E-state index >= 15 is 0 Å². The van der Waals surface area contributed by atoms with Crippen molar-refractivity contribution in [2.45, 2.75) is 6.54 Å². The molecule has 4 heterocycles. The van der Waals surface area contributed by atoms with E-state index in [1.807, 2.05) is 18.2 Å². The van der Waals surface area contributed by atoms with E-state index in [-0.39, 0.29) is 11.8 Å². The number of rotatable bonds is 5. The number of thiophene rings is 1. The molecule has 0 saturated carbocycles. The van der Waals surface area contributed by atoms with Crippen LogP contribution < -0.4 is 14.8 Å². The first kappa shape index (κ1) is 16.4. The van der Waals surface area contributed by atoms with Gasteiger partial charge < -0.3 is 14.8 Å². The lowest BCUT2D eigenvalue weighted by Crippen LogP contribution is -2.06. The molecule has 0 atom stereocenters. The number of fused-ring (bicyclic) bond motifs is 2. The SMILES string of the molecule is O=[N+]([O-])c1cc2c(NCc3ccc4c(c3)OCO4)nc(-n3ccnc3)nc2s1. The zero-order valence-electron chi connectivity index (χ0n) is 14.2. The molecule has 4 aromatic rings. The number of hydrogen-bond acceptors (Lipinski definition) is 9. The predicted molar refractivity (Wildman–Crippen MR) is 101 cm³/mol. The highest BCUT2D eigenvalue weighted by Gasteiger charge is 2.19. The number of nitrogens with zero attached hydrogens (tertiary/aromatic N) is 5. The highest BCUT2D eigenvalue weighted by molar-refractivity contribution is 7.21. The van der Waals surface area contributed by atoms with Crippen LogP contribution in [0.25, 0.3) is 16.2 Å². The van der Waals surface area contributed by atoms with Gasteiger partial charge in [0, 0.05) is 25.0 Å². The molecule has 0 saturated heterocycles. The van der Waals surface area contributed by atoms with Crippen LogP contribution in [-0.2, 0) is 6.54 Å². The fourth-order valence-corrected chi connectivity index (χ4v) is 3.69. The first-order valence-corrected chi connectivity index (χ1v) is 9.06. The number of hydrogen-bond donors (Lipinski definition) is 1. The monoisotopic (exact) mass is 396 g/mol.